The van der Waals surface area contributed by atoms with Crippen LogP contribution in [-0.4, -0.2) is 35.4 Å². The average Bonchev–Trinajstić information content (AvgIpc) is 2.65. The topological polar surface area (TPSA) is 72.8 Å². The maximum absolute atomic E-state index is 12.7. The molecule has 3 aliphatic rings. The Kier molecular flexibility index (Phi) is 5.93. The lowest BCUT2D eigenvalue weighted by molar-refractivity contribution is -0.162. The van der Waals surface area contributed by atoms with E-state index in [0.29, 0.717) is 19.3 Å². The van der Waals surface area contributed by atoms with E-state index in [9.17, 15) is 14.7 Å². The monoisotopic (exact) mass is 407 g/mol. The van der Waals surface area contributed by atoms with Gasteiger partial charge in [-0.1, -0.05) is 45.9 Å². The number of fused-ring (bicyclic) bond motifs is 1. The number of carbonyl (C=O) groups excluding carboxylic acids is 2. The van der Waals surface area contributed by atoms with Crippen molar-refractivity contribution in [1.29, 1.82) is 0 Å². The molecule has 162 valence electrons. The van der Waals surface area contributed by atoms with Gasteiger partial charge in [-0.2, -0.15) is 0 Å². The third-order valence-corrected chi connectivity index (χ3v) is 6.63. The second-order valence-electron chi connectivity index (χ2n) is 9.15. The van der Waals surface area contributed by atoms with Gasteiger partial charge in [-0.15, -0.1) is 0 Å². The van der Waals surface area contributed by atoms with Crippen molar-refractivity contribution in [2.45, 2.75) is 84.5 Å². The van der Waals surface area contributed by atoms with Gasteiger partial charge in [-0.25, -0.2) is 0 Å². The van der Waals surface area contributed by atoms with Crippen LogP contribution in [0.3, 0.4) is 0 Å². The molecule has 29 heavy (non-hydrogen) atoms. The molecule has 1 N–H and O–H groups in total. The van der Waals surface area contributed by atoms with Gasteiger partial charge in [0.2, 0.25) is 0 Å². The maximum atomic E-state index is 12.7. The minimum absolute atomic E-state index is 0.0272. The highest BCUT2D eigenvalue weighted by Gasteiger charge is 2.42. The number of aliphatic hydroxyl groups is 1. The summed E-state index contributed by atoms with van der Waals surface area (Å²) in [4.78, 5) is 24.4. The molecule has 0 spiro atoms. The van der Waals surface area contributed by atoms with Crippen LogP contribution in [0.4, 0.5) is 0 Å². The molecule has 0 radical (unpaired) electrons. The quantitative estimate of drug-likeness (QED) is 0.668. The fourth-order valence-corrected chi connectivity index (χ4v) is 4.99. The van der Waals surface area contributed by atoms with Gasteiger partial charge < -0.3 is 14.6 Å². The summed E-state index contributed by atoms with van der Waals surface area (Å²) in [6, 6.07) is 0. The molecule has 1 fully saturated rings. The summed E-state index contributed by atoms with van der Waals surface area (Å²) in [5.41, 5.74) is 1.16. The van der Waals surface area contributed by atoms with E-state index < -0.39 is 24.8 Å². The number of carbonyl (C=O) groups is 2. The van der Waals surface area contributed by atoms with Crippen molar-refractivity contribution in [2.75, 3.05) is 0 Å². The molecule has 1 heterocycles. The second-order valence-corrected chi connectivity index (χ2v) is 9.15. The Morgan fingerprint density at radius 3 is 2.90 bits per heavy atom. The summed E-state index contributed by atoms with van der Waals surface area (Å²) in [5.74, 6) is -0.755. The number of aliphatic hydroxyl groups excluding tert-OH is 1. The van der Waals surface area contributed by atoms with Gasteiger partial charge in [0.25, 0.3) is 0 Å². The third-order valence-electron chi connectivity index (χ3n) is 6.63. The maximum Gasteiger partial charge on any atom is 0.308 e. The van der Waals surface area contributed by atoms with Crippen molar-refractivity contribution < 1.29 is 28.3 Å². The van der Waals surface area contributed by atoms with Crippen molar-refractivity contribution in [3.8, 4) is 0 Å². The van der Waals surface area contributed by atoms with Gasteiger partial charge in [0.05, 0.1) is 18.4 Å². The van der Waals surface area contributed by atoms with Gasteiger partial charge in [0.15, 0.2) is 0 Å². The van der Waals surface area contributed by atoms with E-state index in [4.69, 9.17) is 13.6 Å². The second kappa shape index (κ2) is 9.46. The van der Waals surface area contributed by atoms with E-state index in [-0.39, 0.29) is 54.7 Å². The molecule has 5 nitrogen and oxygen atoms in total. The normalized spacial score (nSPS) is 39.9. The molecule has 0 aromatic heterocycles. The van der Waals surface area contributed by atoms with Crippen molar-refractivity contribution in [1.82, 2.24) is 0 Å². The largest absolute Gasteiger partial charge is 0.462 e. The summed E-state index contributed by atoms with van der Waals surface area (Å²) in [6.45, 7) is 3.69. The molecule has 5 heteroatoms. The van der Waals surface area contributed by atoms with Crippen LogP contribution < -0.4 is 0 Å². The SMILES string of the molecule is [2H]C([2H])([2H])C[C@H](C)C(=O)O[C@H]1C[C@@H](C)C=C2C=C[C@H](C)[C@H](CC[C@@H]3C[C@@H](O)CC(=O)O3)[C@H]21. The molecule has 0 amide bonds. The highest BCUT2D eigenvalue weighted by molar-refractivity contribution is 5.72. The van der Waals surface area contributed by atoms with Gasteiger partial charge in [-0.3, -0.25) is 9.59 Å². The number of esters is 2. The molecule has 8 atom stereocenters. The van der Waals surface area contributed by atoms with Gasteiger partial charge in [0, 0.05) is 16.5 Å². The standard InChI is InChI=1S/C24H36O5/c1-5-15(3)24(27)29-21-11-14(2)10-17-7-6-16(4)20(23(17)21)9-8-19-12-18(25)13-22(26)28-19/h6-7,10,14-16,18-21,23,25H,5,8-9,11-13H2,1-4H3/t14-,15-,16-,18+,19+,20-,21-,23-/m0/s1/i1D3. The lowest BCUT2D eigenvalue weighted by atomic mass is 9.65. The third kappa shape index (κ3) is 5.30. The predicted octanol–water partition coefficient (Wildman–Crippen LogP) is 4.20. The fourth-order valence-electron chi connectivity index (χ4n) is 4.99. The minimum atomic E-state index is -2.17. The van der Waals surface area contributed by atoms with Crippen LogP contribution in [0.2, 0.25) is 0 Å². The van der Waals surface area contributed by atoms with E-state index in [1.165, 1.54) is 0 Å². The molecule has 0 aromatic rings. The van der Waals surface area contributed by atoms with Crippen molar-refractivity contribution >= 4 is 11.9 Å². The Bertz CT molecular complexity index is 759. The molecular formula is C24H36O5. The Labute approximate surface area is 178 Å². The van der Waals surface area contributed by atoms with Crippen LogP contribution in [-0.2, 0) is 19.1 Å². The summed E-state index contributed by atoms with van der Waals surface area (Å²) in [5, 5.41) is 9.91. The molecule has 0 aromatic carbocycles. The molecule has 1 aliphatic heterocycles. The first-order valence-electron chi connectivity index (χ1n) is 12.4. The molecule has 2 aliphatic carbocycles. The number of hydrogen-bond acceptors (Lipinski definition) is 5. The average molecular weight is 408 g/mol. The zero-order valence-electron chi connectivity index (χ0n) is 20.7. The van der Waals surface area contributed by atoms with E-state index in [0.717, 1.165) is 12.0 Å². The van der Waals surface area contributed by atoms with Crippen LogP contribution in [0.15, 0.2) is 23.8 Å². The van der Waals surface area contributed by atoms with Gasteiger partial charge in [-0.05, 0) is 49.0 Å². The fraction of sp³-hybridized carbons (Fsp3) is 0.750. The lowest BCUT2D eigenvalue weighted by Gasteiger charge is -2.43. The van der Waals surface area contributed by atoms with E-state index in [1.807, 2.05) is 0 Å². The Hall–Kier alpha value is -1.62. The predicted molar refractivity (Wildman–Crippen MR) is 111 cm³/mol. The summed E-state index contributed by atoms with van der Waals surface area (Å²) >= 11 is 0. The number of rotatable bonds is 6. The smallest absolute Gasteiger partial charge is 0.308 e. The molecular weight excluding hydrogens is 368 g/mol. The first-order valence-corrected chi connectivity index (χ1v) is 10.9. The van der Waals surface area contributed by atoms with Crippen LogP contribution in [0.1, 0.15) is 70.3 Å². The lowest BCUT2D eigenvalue weighted by Crippen LogP contribution is -2.42. The highest BCUT2D eigenvalue weighted by atomic mass is 16.5. The molecule has 0 unspecified atom stereocenters. The zero-order valence-corrected chi connectivity index (χ0v) is 17.7. The minimum Gasteiger partial charge on any atom is -0.462 e. The Morgan fingerprint density at radius 2 is 2.17 bits per heavy atom. The summed E-state index contributed by atoms with van der Waals surface area (Å²) in [7, 11) is 0. The van der Waals surface area contributed by atoms with E-state index in [1.54, 1.807) is 6.92 Å². The molecule has 3 rings (SSSR count). The van der Waals surface area contributed by atoms with Crippen LogP contribution in [0, 0.1) is 29.6 Å². The molecule has 0 bridgehead atoms. The number of ether oxygens (including phenoxy) is 2. The van der Waals surface area contributed by atoms with Crippen molar-refractivity contribution in [2.24, 2.45) is 29.6 Å². The number of hydrogen-bond donors (Lipinski definition) is 1. The van der Waals surface area contributed by atoms with Crippen LogP contribution >= 0.6 is 0 Å². The van der Waals surface area contributed by atoms with Crippen LogP contribution in [0.5, 0.6) is 0 Å². The number of allylic oxidation sites excluding steroid dienone is 3. The van der Waals surface area contributed by atoms with E-state index >= 15 is 0 Å². The summed E-state index contributed by atoms with van der Waals surface area (Å²) in [6.07, 6.45) is 7.74. The van der Waals surface area contributed by atoms with Gasteiger partial charge >= 0.3 is 11.9 Å². The van der Waals surface area contributed by atoms with Crippen molar-refractivity contribution in [3.05, 3.63) is 23.8 Å². The van der Waals surface area contributed by atoms with E-state index in [2.05, 4.69) is 32.1 Å². The molecule has 1 saturated heterocycles. The van der Waals surface area contributed by atoms with Crippen LogP contribution in [0.25, 0.3) is 0 Å². The summed E-state index contributed by atoms with van der Waals surface area (Å²) < 4.78 is 33.7. The first-order chi connectivity index (χ1) is 14.9. The van der Waals surface area contributed by atoms with Gasteiger partial charge in [0.1, 0.15) is 12.2 Å². The number of cyclic esters (lactones) is 1. The van der Waals surface area contributed by atoms with Crippen molar-refractivity contribution in [3.63, 3.8) is 0 Å². The Balaban J connectivity index is 1.73. The first kappa shape index (κ1) is 18.2. The molecule has 0 saturated carbocycles. The Morgan fingerprint density at radius 1 is 1.38 bits per heavy atom. The highest BCUT2D eigenvalue weighted by Crippen LogP contribution is 2.45. The zero-order chi connectivity index (χ0) is 23.6.